The van der Waals surface area contributed by atoms with Gasteiger partial charge in [0, 0.05) is 17.0 Å². The topological polar surface area (TPSA) is 83.0 Å². The van der Waals surface area contributed by atoms with Gasteiger partial charge in [0.15, 0.2) is 5.84 Å². The van der Waals surface area contributed by atoms with Crippen LogP contribution in [0.5, 0.6) is 5.75 Å². The first-order valence-corrected chi connectivity index (χ1v) is 11.7. The Bertz CT molecular complexity index is 1500. The lowest BCUT2D eigenvalue weighted by Gasteiger charge is -2.20. The Morgan fingerprint density at radius 1 is 1.11 bits per heavy atom. The molecule has 0 atom stereocenters. The van der Waals surface area contributed by atoms with Crippen molar-refractivity contribution in [3.8, 4) is 11.4 Å². The van der Waals surface area contributed by atoms with Crippen LogP contribution in [0.2, 0.25) is 0 Å². The van der Waals surface area contributed by atoms with Crippen LogP contribution in [0.1, 0.15) is 28.1 Å². The fraction of sp³-hybridized carbons (Fsp3) is 0.154. The maximum atomic E-state index is 14.3. The first-order valence-electron chi connectivity index (χ1n) is 10.9. The minimum absolute atomic E-state index is 0.100. The molecule has 0 radical (unpaired) electrons. The molecule has 35 heavy (non-hydrogen) atoms. The molecule has 0 saturated carbocycles. The zero-order chi connectivity index (χ0) is 24.9. The Labute approximate surface area is 206 Å². The van der Waals surface area contributed by atoms with E-state index in [1.807, 2.05) is 45.0 Å². The molecule has 0 spiro atoms. The number of nitrogens with one attached hydrogen (secondary N) is 1. The molecule has 0 bridgehead atoms. The smallest absolute Gasteiger partial charge is 0.283 e. The second kappa shape index (κ2) is 8.66. The van der Waals surface area contributed by atoms with Gasteiger partial charge in [-0.05, 0) is 80.1 Å². The summed E-state index contributed by atoms with van der Waals surface area (Å²) in [4.78, 5) is 17.0. The van der Waals surface area contributed by atoms with Gasteiger partial charge < -0.3 is 9.30 Å². The molecule has 0 aliphatic carbocycles. The van der Waals surface area contributed by atoms with Crippen molar-refractivity contribution in [2.24, 2.45) is 10.1 Å². The Hall–Kier alpha value is -3.98. The van der Waals surface area contributed by atoms with Gasteiger partial charge in [-0.15, -0.1) is 0 Å². The van der Waals surface area contributed by atoms with Crippen LogP contribution in [0.3, 0.4) is 0 Å². The van der Waals surface area contributed by atoms with E-state index in [1.165, 1.54) is 11.1 Å². The number of aliphatic imine (C=N–C) groups is 1. The van der Waals surface area contributed by atoms with Crippen LogP contribution in [0.25, 0.3) is 11.8 Å². The van der Waals surface area contributed by atoms with Gasteiger partial charge >= 0.3 is 0 Å². The summed E-state index contributed by atoms with van der Waals surface area (Å²) in [5, 5.41) is 14.9. The summed E-state index contributed by atoms with van der Waals surface area (Å²) in [6.07, 6.45) is 1.66. The fourth-order valence-electron chi connectivity index (χ4n) is 4.17. The highest BCUT2D eigenvalue weighted by molar-refractivity contribution is 8.27. The van der Waals surface area contributed by atoms with Crippen molar-refractivity contribution < 1.29 is 13.9 Å². The van der Waals surface area contributed by atoms with Gasteiger partial charge in [0.1, 0.15) is 16.6 Å². The van der Waals surface area contributed by atoms with Crippen molar-refractivity contribution in [2.45, 2.75) is 20.8 Å². The summed E-state index contributed by atoms with van der Waals surface area (Å²) in [7, 11) is 1.63. The standard InChI is InChI=1S/C26H22FN5O2S/c1-14-9-10-22(34-4)21(11-14)31-15(2)12-17(16(31)3)13-19-23(28)32-26(29-24(19)33)35-25(30-32)18-7-5-6-8-20(18)27/h5-13,28H,1-4H3/b19-13-,28-23?. The van der Waals surface area contributed by atoms with Crippen LogP contribution >= 0.6 is 11.8 Å². The van der Waals surface area contributed by atoms with E-state index < -0.39 is 11.7 Å². The van der Waals surface area contributed by atoms with Gasteiger partial charge in [-0.25, -0.2) is 4.39 Å². The van der Waals surface area contributed by atoms with Gasteiger partial charge in [0.05, 0.1) is 18.4 Å². The first kappa shape index (κ1) is 22.8. The number of carbonyl (C=O) groups excluding carboxylic acids is 1. The summed E-state index contributed by atoms with van der Waals surface area (Å²) in [6.45, 7) is 5.94. The number of halogens is 1. The second-order valence-electron chi connectivity index (χ2n) is 8.24. The number of hydrogen-bond acceptors (Lipinski definition) is 5. The number of amidine groups is 2. The summed E-state index contributed by atoms with van der Waals surface area (Å²) in [6, 6.07) is 14.2. The number of fused-ring (bicyclic) bond motifs is 1. The summed E-state index contributed by atoms with van der Waals surface area (Å²) >= 11 is 1.07. The summed E-state index contributed by atoms with van der Waals surface area (Å²) in [5.74, 6) is -0.322. The number of benzene rings is 2. The molecule has 5 rings (SSSR count). The fourth-order valence-corrected chi connectivity index (χ4v) is 5.09. The number of amides is 1. The maximum Gasteiger partial charge on any atom is 0.283 e. The Morgan fingerprint density at radius 2 is 1.89 bits per heavy atom. The number of ether oxygens (including phenoxy) is 1. The van der Waals surface area contributed by atoms with Crippen LogP contribution < -0.4 is 4.74 Å². The summed E-state index contributed by atoms with van der Waals surface area (Å²) in [5.41, 5.74) is 5.03. The van der Waals surface area contributed by atoms with E-state index in [1.54, 1.807) is 31.4 Å². The van der Waals surface area contributed by atoms with Crippen LogP contribution in [0.4, 0.5) is 4.39 Å². The second-order valence-corrected chi connectivity index (χ2v) is 9.20. The molecular formula is C26H22FN5O2S. The number of thioether (sulfide) groups is 1. The molecule has 176 valence electrons. The zero-order valence-corrected chi connectivity index (χ0v) is 20.4. The molecule has 0 fully saturated rings. The molecule has 2 aliphatic rings. The molecule has 9 heteroatoms. The van der Waals surface area contributed by atoms with Crippen LogP contribution in [0.15, 0.2) is 64.2 Å². The van der Waals surface area contributed by atoms with Crippen molar-refractivity contribution in [2.75, 3.05) is 7.11 Å². The van der Waals surface area contributed by atoms with Crippen LogP contribution in [-0.4, -0.2) is 38.6 Å². The molecule has 1 amide bonds. The van der Waals surface area contributed by atoms with Crippen molar-refractivity contribution in [1.29, 1.82) is 5.41 Å². The molecule has 3 heterocycles. The van der Waals surface area contributed by atoms with E-state index >= 15 is 0 Å². The lowest BCUT2D eigenvalue weighted by Crippen LogP contribution is -2.35. The van der Waals surface area contributed by atoms with E-state index in [0.717, 1.165) is 45.7 Å². The molecule has 1 N–H and O–H groups in total. The first-order chi connectivity index (χ1) is 16.8. The van der Waals surface area contributed by atoms with Gasteiger partial charge in [-0.3, -0.25) is 10.2 Å². The van der Waals surface area contributed by atoms with Gasteiger partial charge in [0.2, 0.25) is 5.17 Å². The minimum atomic E-state index is -0.531. The van der Waals surface area contributed by atoms with Crippen molar-refractivity contribution >= 4 is 39.8 Å². The molecule has 2 aliphatic heterocycles. The zero-order valence-electron chi connectivity index (χ0n) is 19.6. The molecule has 2 aromatic carbocycles. The number of methoxy groups -OCH3 is 1. The average Bonchev–Trinajstić information content (AvgIpc) is 3.37. The van der Waals surface area contributed by atoms with Crippen LogP contribution in [-0.2, 0) is 4.79 Å². The van der Waals surface area contributed by atoms with Crippen LogP contribution in [0, 0.1) is 32.0 Å². The molecule has 3 aromatic rings. The van der Waals surface area contributed by atoms with Gasteiger partial charge in [-0.1, -0.05) is 18.2 Å². The third kappa shape index (κ3) is 3.87. The van der Waals surface area contributed by atoms with E-state index in [2.05, 4.69) is 14.7 Å². The van der Waals surface area contributed by atoms with E-state index in [-0.39, 0.29) is 16.6 Å². The number of nitrogens with zero attached hydrogens (tertiary/aromatic N) is 4. The predicted octanol–water partition coefficient (Wildman–Crippen LogP) is 5.22. The number of aryl methyl sites for hydroxylation is 2. The van der Waals surface area contributed by atoms with Gasteiger partial charge in [-0.2, -0.15) is 15.1 Å². The summed E-state index contributed by atoms with van der Waals surface area (Å²) < 4.78 is 21.9. The van der Waals surface area contributed by atoms with E-state index in [9.17, 15) is 9.18 Å². The highest BCUT2D eigenvalue weighted by Gasteiger charge is 2.36. The molecule has 7 nitrogen and oxygen atoms in total. The van der Waals surface area contributed by atoms with Crippen molar-refractivity contribution in [3.63, 3.8) is 0 Å². The van der Waals surface area contributed by atoms with Crippen molar-refractivity contribution in [1.82, 2.24) is 9.58 Å². The quantitative estimate of drug-likeness (QED) is 0.512. The lowest BCUT2D eigenvalue weighted by atomic mass is 10.1. The predicted molar refractivity (Wildman–Crippen MR) is 137 cm³/mol. The Kier molecular flexibility index (Phi) is 5.64. The number of aromatic nitrogens is 1. The van der Waals surface area contributed by atoms with E-state index in [0.29, 0.717) is 10.6 Å². The highest BCUT2D eigenvalue weighted by Crippen LogP contribution is 2.33. The number of hydrogen-bond donors (Lipinski definition) is 1. The molecular weight excluding hydrogens is 465 g/mol. The third-order valence-corrected chi connectivity index (χ3v) is 6.85. The largest absolute Gasteiger partial charge is 0.495 e. The number of hydrazone groups is 1. The molecule has 0 saturated heterocycles. The SMILES string of the molecule is COc1ccc(C)cc1-n1c(C)cc(/C=C2/C(=N)N3N=C(c4ccccc4F)SC3=NC2=O)c1C. The maximum absolute atomic E-state index is 14.3. The van der Waals surface area contributed by atoms with E-state index in [4.69, 9.17) is 10.1 Å². The monoisotopic (exact) mass is 487 g/mol. The average molecular weight is 488 g/mol. The normalized spacial score (nSPS) is 16.5. The molecule has 1 aromatic heterocycles. The molecule has 0 unspecified atom stereocenters. The Balaban J connectivity index is 1.54. The van der Waals surface area contributed by atoms with Gasteiger partial charge in [0.25, 0.3) is 5.91 Å². The lowest BCUT2D eigenvalue weighted by molar-refractivity contribution is -0.114. The minimum Gasteiger partial charge on any atom is -0.495 e. The Morgan fingerprint density at radius 3 is 2.63 bits per heavy atom. The number of carbonyl (C=O) groups is 1. The highest BCUT2D eigenvalue weighted by atomic mass is 32.2. The third-order valence-electron chi connectivity index (χ3n) is 5.90. The van der Waals surface area contributed by atoms with Crippen molar-refractivity contribution in [3.05, 3.63) is 88.0 Å². The number of rotatable bonds is 4.